The van der Waals surface area contributed by atoms with Gasteiger partial charge in [-0.1, -0.05) is 22.0 Å². The van der Waals surface area contributed by atoms with Crippen molar-refractivity contribution in [3.8, 4) is 5.75 Å². The number of hydrogen-bond acceptors (Lipinski definition) is 3. The third-order valence-electron chi connectivity index (χ3n) is 1.80. The second kappa shape index (κ2) is 5.34. The normalized spacial score (nSPS) is 12.6. The maximum absolute atomic E-state index is 5.80. The fraction of sp³-hybridized carbons (Fsp3) is 0.400. The van der Waals surface area contributed by atoms with Crippen LogP contribution < -0.4 is 10.5 Å². The van der Waals surface area contributed by atoms with Crippen LogP contribution in [-0.2, 0) is 4.74 Å². The molecule has 0 heterocycles. The summed E-state index contributed by atoms with van der Waals surface area (Å²) >= 11 is 3.38. The van der Waals surface area contributed by atoms with Gasteiger partial charge in [-0.05, 0) is 19.1 Å². The first-order valence-corrected chi connectivity index (χ1v) is 5.11. The SMILES string of the molecule is COCOc1cc(Br)ccc1[C@@H](C)N. The lowest BCUT2D eigenvalue weighted by Gasteiger charge is -2.13. The molecule has 2 N–H and O–H groups in total. The minimum atomic E-state index is -0.0463. The molecule has 0 fully saturated rings. The molecule has 4 heteroatoms. The lowest BCUT2D eigenvalue weighted by molar-refractivity contribution is 0.0502. The summed E-state index contributed by atoms with van der Waals surface area (Å²) in [5.41, 5.74) is 6.78. The number of methoxy groups -OCH3 is 1. The van der Waals surface area contributed by atoms with Gasteiger partial charge in [0.2, 0.25) is 0 Å². The van der Waals surface area contributed by atoms with Crippen LogP contribution in [0.4, 0.5) is 0 Å². The minimum Gasteiger partial charge on any atom is -0.467 e. The fourth-order valence-electron chi connectivity index (χ4n) is 1.13. The van der Waals surface area contributed by atoms with Gasteiger partial charge in [0, 0.05) is 23.2 Å². The van der Waals surface area contributed by atoms with E-state index in [-0.39, 0.29) is 12.8 Å². The van der Waals surface area contributed by atoms with Gasteiger partial charge >= 0.3 is 0 Å². The van der Waals surface area contributed by atoms with E-state index in [0.717, 1.165) is 15.8 Å². The molecule has 78 valence electrons. The standard InChI is InChI=1S/C10H14BrNO2/c1-7(12)9-4-3-8(11)5-10(9)14-6-13-2/h3-5,7H,6,12H2,1-2H3/t7-/m1/s1. The first kappa shape index (κ1) is 11.5. The number of hydrogen-bond donors (Lipinski definition) is 1. The van der Waals surface area contributed by atoms with Crippen molar-refractivity contribution in [1.82, 2.24) is 0 Å². The molecule has 1 aromatic rings. The summed E-state index contributed by atoms with van der Waals surface area (Å²) in [6.07, 6.45) is 0. The van der Waals surface area contributed by atoms with Crippen molar-refractivity contribution in [1.29, 1.82) is 0 Å². The quantitative estimate of drug-likeness (QED) is 0.846. The number of halogens is 1. The van der Waals surface area contributed by atoms with Crippen LogP contribution in [0.25, 0.3) is 0 Å². The van der Waals surface area contributed by atoms with Gasteiger partial charge in [0.15, 0.2) is 6.79 Å². The molecule has 0 bridgehead atoms. The number of rotatable bonds is 4. The molecular formula is C10H14BrNO2. The molecule has 0 saturated carbocycles. The molecule has 0 aliphatic carbocycles. The molecule has 0 unspecified atom stereocenters. The van der Waals surface area contributed by atoms with E-state index < -0.39 is 0 Å². The third kappa shape index (κ3) is 2.97. The number of nitrogens with two attached hydrogens (primary N) is 1. The largest absolute Gasteiger partial charge is 0.467 e. The molecule has 1 atom stereocenters. The summed E-state index contributed by atoms with van der Waals surface area (Å²) in [6.45, 7) is 2.15. The van der Waals surface area contributed by atoms with E-state index in [9.17, 15) is 0 Å². The van der Waals surface area contributed by atoms with Crippen LogP contribution >= 0.6 is 15.9 Å². The number of ether oxygens (including phenoxy) is 2. The molecule has 0 saturated heterocycles. The van der Waals surface area contributed by atoms with Crippen LogP contribution in [0.5, 0.6) is 5.75 Å². The molecule has 1 rings (SSSR count). The Morgan fingerprint density at radius 3 is 2.79 bits per heavy atom. The topological polar surface area (TPSA) is 44.5 Å². The van der Waals surface area contributed by atoms with Gasteiger partial charge in [0.1, 0.15) is 5.75 Å². The molecule has 0 spiro atoms. The van der Waals surface area contributed by atoms with Crippen molar-refractivity contribution in [2.45, 2.75) is 13.0 Å². The molecule has 0 aliphatic heterocycles. The molecule has 0 aromatic heterocycles. The van der Waals surface area contributed by atoms with Crippen molar-refractivity contribution >= 4 is 15.9 Å². The van der Waals surface area contributed by atoms with Crippen LogP contribution in [0.1, 0.15) is 18.5 Å². The zero-order valence-electron chi connectivity index (χ0n) is 8.29. The van der Waals surface area contributed by atoms with Gasteiger partial charge < -0.3 is 15.2 Å². The Morgan fingerprint density at radius 2 is 2.21 bits per heavy atom. The summed E-state index contributed by atoms with van der Waals surface area (Å²) in [6, 6.07) is 5.73. The van der Waals surface area contributed by atoms with Gasteiger partial charge in [0.25, 0.3) is 0 Å². The first-order chi connectivity index (χ1) is 6.65. The van der Waals surface area contributed by atoms with Gasteiger partial charge in [-0.15, -0.1) is 0 Å². The highest BCUT2D eigenvalue weighted by molar-refractivity contribution is 9.10. The van der Waals surface area contributed by atoms with E-state index in [2.05, 4.69) is 15.9 Å². The van der Waals surface area contributed by atoms with E-state index in [1.807, 2.05) is 25.1 Å². The summed E-state index contributed by atoms with van der Waals surface area (Å²) < 4.78 is 11.2. The second-order valence-electron chi connectivity index (χ2n) is 3.02. The Bertz CT molecular complexity index is 302. The summed E-state index contributed by atoms with van der Waals surface area (Å²) in [7, 11) is 1.59. The minimum absolute atomic E-state index is 0.0463. The lowest BCUT2D eigenvalue weighted by Crippen LogP contribution is -2.09. The van der Waals surface area contributed by atoms with E-state index in [1.165, 1.54) is 0 Å². The summed E-state index contributed by atoms with van der Waals surface area (Å²) in [5.74, 6) is 0.760. The van der Waals surface area contributed by atoms with Crippen LogP contribution in [-0.4, -0.2) is 13.9 Å². The van der Waals surface area contributed by atoms with Crippen molar-refractivity contribution in [3.63, 3.8) is 0 Å². The number of benzene rings is 1. The monoisotopic (exact) mass is 259 g/mol. The average Bonchev–Trinajstić information content (AvgIpc) is 2.14. The molecule has 3 nitrogen and oxygen atoms in total. The predicted molar refractivity (Wildman–Crippen MR) is 59.2 cm³/mol. The van der Waals surface area contributed by atoms with E-state index >= 15 is 0 Å². The third-order valence-corrected chi connectivity index (χ3v) is 2.29. The Hall–Kier alpha value is -0.580. The highest BCUT2D eigenvalue weighted by atomic mass is 79.9. The van der Waals surface area contributed by atoms with Crippen molar-refractivity contribution < 1.29 is 9.47 Å². The first-order valence-electron chi connectivity index (χ1n) is 4.32. The molecule has 14 heavy (non-hydrogen) atoms. The Morgan fingerprint density at radius 1 is 1.50 bits per heavy atom. The van der Waals surface area contributed by atoms with E-state index in [4.69, 9.17) is 15.2 Å². The molecule has 0 amide bonds. The summed E-state index contributed by atoms with van der Waals surface area (Å²) in [5, 5.41) is 0. The molecule has 1 aromatic carbocycles. The van der Waals surface area contributed by atoms with Gasteiger partial charge in [0.05, 0.1) is 0 Å². The zero-order chi connectivity index (χ0) is 10.6. The van der Waals surface area contributed by atoms with Crippen molar-refractivity contribution in [2.24, 2.45) is 5.73 Å². The lowest BCUT2D eigenvalue weighted by atomic mass is 10.1. The van der Waals surface area contributed by atoms with Gasteiger partial charge in [-0.3, -0.25) is 0 Å². The Balaban J connectivity index is 2.91. The van der Waals surface area contributed by atoms with Crippen LogP contribution in [0, 0.1) is 0 Å². The smallest absolute Gasteiger partial charge is 0.188 e. The maximum Gasteiger partial charge on any atom is 0.188 e. The second-order valence-corrected chi connectivity index (χ2v) is 3.94. The zero-order valence-corrected chi connectivity index (χ0v) is 9.87. The summed E-state index contributed by atoms with van der Waals surface area (Å²) in [4.78, 5) is 0. The van der Waals surface area contributed by atoms with Gasteiger partial charge in [-0.2, -0.15) is 0 Å². The van der Waals surface area contributed by atoms with Gasteiger partial charge in [-0.25, -0.2) is 0 Å². The van der Waals surface area contributed by atoms with Crippen LogP contribution in [0.15, 0.2) is 22.7 Å². The highest BCUT2D eigenvalue weighted by Crippen LogP contribution is 2.27. The predicted octanol–water partition coefficient (Wildman–Crippen LogP) is 2.45. The van der Waals surface area contributed by atoms with E-state index in [0.29, 0.717) is 0 Å². The Kier molecular flexibility index (Phi) is 4.38. The molecule has 0 radical (unpaired) electrons. The Labute approximate surface area is 92.3 Å². The van der Waals surface area contributed by atoms with Crippen LogP contribution in [0.3, 0.4) is 0 Å². The van der Waals surface area contributed by atoms with E-state index in [1.54, 1.807) is 7.11 Å². The van der Waals surface area contributed by atoms with Crippen LogP contribution in [0.2, 0.25) is 0 Å². The average molecular weight is 260 g/mol. The maximum atomic E-state index is 5.80. The highest BCUT2D eigenvalue weighted by Gasteiger charge is 2.08. The molecular weight excluding hydrogens is 246 g/mol. The fourth-order valence-corrected chi connectivity index (χ4v) is 1.47. The van der Waals surface area contributed by atoms with Crippen molar-refractivity contribution in [2.75, 3.05) is 13.9 Å². The molecule has 0 aliphatic rings. The van der Waals surface area contributed by atoms with Crippen molar-refractivity contribution in [3.05, 3.63) is 28.2 Å².